The Morgan fingerprint density at radius 3 is 2.75 bits per heavy atom. The van der Waals surface area contributed by atoms with E-state index in [0.717, 1.165) is 21.9 Å². The third-order valence-electron chi connectivity index (χ3n) is 4.48. The van der Waals surface area contributed by atoms with Crippen molar-refractivity contribution in [1.29, 1.82) is 0 Å². The number of methoxy groups -OCH3 is 2. The fourth-order valence-corrected chi connectivity index (χ4v) is 3.48. The van der Waals surface area contributed by atoms with Crippen molar-refractivity contribution in [3.63, 3.8) is 0 Å². The van der Waals surface area contributed by atoms with Crippen LogP contribution in [-0.2, 0) is 11.3 Å². The van der Waals surface area contributed by atoms with Crippen LogP contribution < -0.4 is 9.47 Å². The summed E-state index contributed by atoms with van der Waals surface area (Å²) in [6.45, 7) is 3.83. The first-order valence-electron chi connectivity index (χ1n) is 7.74. The van der Waals surface area contributed by atoms with Gasteiger partial charge in [-0.1, -0.05) is 0 Å². The van der Waals surface area contributed by atoms with Crippen molar-refractivity contribution in [3.05, 3.63) is 29.5 Å². The molecule has 0 saturated carbocycles. The fourth-order valence-electron chi connectivity index (χ4n) is 3.48. The molecular formula is C18H19NO5. The van der Waals surface area contributed by atoms with Gasteiger partial charge in [-0.05, 0) is 19.9 Å². The lowest BCUT2D eigenvalue weighted by atomic mass is 9.89. The number of hydrogen-bond acceptors (Lipinski definition) is 6. The summed E-state index contributed by atoms with van der Waals surface area (Å²) in [5.41, 5.74) is 1.91. The van der Waals surface area contributed by atoms with Crippen LogP contribution in [0.1, 0.15) is 31.1 Å². The van der Waals surface area contributed by atoms with E-state index in [4.69, 9.17) is 18.6 Å². The molecule has 24 heavy (non-hydrogen) atoms. The van der Waals surface area contributed by atoms with Gasteiger partial charge in [-0.2, -0.15) is 0 Å². The van der Waals surface area contributed by atoms with Crippen molar-refractivity contribution in [1.82, 2.24) is 4.98 Å². The molecule has 1 atom stereocenters. The van der Waals surface area contributed by atoms with Crippen LogP contribution in [0.25, 0.3) is 22.0 Å². The van der Waals surface area contributed by atoms with Gasteiger partial charge in [0, 0.05) is 22.6 Å². The molecule has 0 saturated heterocycles. The standard InChI is InChI=1S/C18H19NO5/c1-18(2,20)16-13-10(8-24-16)12(21-3)7-11-14(13)15(22-4)9-5-6-23-17(9)19-11/h5-7,16,20H,8H2,1-4H3. The van der Waals surface area contributed by atoms with Crippen LogP contribution >= 0.6 is 0 Å². The summed E-state index contributed by atoms with van der Waals surface area (Å²) in [5, 5.41) is 12.2. The summed E-state index contributed by atoms with van der Waals surface area (Å²) in [5.74, 6) is 1.35. The average Bonchev–Trinajstić information content (AvgIpc) is 3.17. The summed E-state index contributed by atoms with van der Waals surface area (Å²) < 4.78 is 22.5. The van der Waals surface area contributed by atoms with E-state index in [2.05, 4.69) is 4.98 Å². The van der Waals surface area contributed by atoms with Crippen molar-refractivity contribution in [3.8, 4) is 11.5 Å². The topological polar surface area (TPSA) is 74.0 Å². The highest BCUT2D eigenvalue weighted by atomic mass is 16.5. The molecule has 1 N–H and O–H groups in total. The van der Waals surface area contributed by atoms with Crippen molar-refractivity contribution in [2.75, 3.05) is 14.2 Å². The predicted molar refractivity (Wildman–Crippen MR) is 88.4 cm³/mol. The predicted octanol–water partition coefficient (Wildman–Crippen LogP) is 3.34. The fraction of sp³-hybridized carbons (Fsp3) is 0.389. The van der Waals surface area contributed by atoms with Crippen LogP contribution in [0.2, 0.25) is 0 Å². The van der Waals surface area contributed by atoms with Crippen LogP contribution in [0.15, 0.2) is 22.8 Å². The zero-order chi connectivity index (χ0) is 17.1. The van der Waals surface area contributed by atoms with Crippen LogP contribution in [-0.4, -0.2) is 29.9 Å². The van der Waals surface area contributed by atoms with Crippen LogP contribution in [0.5, 0.6) is 11.5 Å². The molecule has 0 radical (unpaired) electrons. The number of nitrogens with zero attached hydrogens (tertiary/aromatic N) is 1. The van der Waals surface area contributed by atoms with Gasteiger partial charge >= 0.3 is 0 Å². The highest BCUT2D eigenvalue weighted by Crippen LogP contribution is 2.49. The van der Waals surface area contributed by atoms with Gasteiger partial charge in [-0.25, -0.2) is 4.98 Å². The second-order valence-electron chi connectivity index (χ2n) is 6.49. The SMILES string of the molecule is COc1cc2nc3occc3c(OC)c2c2c1COC2C(C)(C)O. The number of ether oxygens (including phenoxy) is 3. The lowest BCUT2D eigenvalue weighted by Gasteiger charge is -2.26. The third kappa shape index (κ3) is 2.00. The van der Waals surface area contributed by atoms with E-state index in [1.165, 1.54) is 0 Å². The van der Waals surface area contributed by atoms with Gasteiger partial charge in [0.05, 0.1) is 43.6 Å². The Balaban J connectivity index is 2.18. The molecule has 0 aliphatic carbocycles. The molecule has 1 aromatic carbocycles. The number of benzene rings is 1. The largest absolute Gasteiger partial charge is 0.496 e. The number of aliphatic hydroxyl groups is 1. The number of pyridine rings is 1. The molecule has 0 amide bonds. The third-order valence-corrected chi connectivity index (χ3v) is 4.48. The monoisotopic (exact) mass is 329 g/mol. The lowest BCUT2D eigenvalue weighted by Crippen LogP contribution is -2.28. The molecular weight excluding hydrogens is 310 g/mol. The van der Waals surface area contributed by atoms with Gasteiger partial charge in [-0.15, -0.1) is 0 Å². The van der Waals surface area contributed by atoms with Gasteiger partial charge in [-0.3, -0.25) is 0 Å². The Morgan fingerprint density at radius 2 is 2.08 bits per heavy atom. The average molecular weight is 329 g/mol. The number of hydrogen-bond donors (Lipinski definition) is 1. The Hall–Kier alpha value is -2.31. The smallest absolute Gasteiger partial charge is 0.230 e. The molecule has 2 aromatic heterocycles. The normalized spacial score (nSPS) is 17.5. The maximum absolute atomic E-state index is 10.6. The van der Waals surface area contributed by atoms with E-state index >= 15 is 0 Å². The highest BCUT2D eigenvalue weighted by molar-refractivity contribution is 6.02. The molecule has 1 aliphatic rings. The van der Waals surface area contributed by atoms with E-state index in [-0.39, 0.29) is 0 Å². The van der Waals surface area contributed by atoms with E-state index in [1.807, 2.05) is 12.1 Å². The van der Waals surface area contributed by atoms with Crippen molar-refractivity contribution in [2.24, 2.45) is 0 Å². The Morgan fingerprint density at radius 1 is 1.29 bits per heavy atom. The molecule has 3 heterocycles. The summed E-state index contributed by atoms with van der Waals surface area (Å²) >= 11 is 0. The molecule has 6 heteroatoms. The lowest BCUT2D eigenvalue weighted by molar-refractivity contribution is -0.0826. The number of aromatic nitrogens is 1. The first-order chi connectivity index (χ1) is 11.5. The van der Waals surface area contributed by atoms with E-state index in [9.17, 15) is 5.11 Å². The van der Waals surface area contributed by atoms with E-state index in [0.29, 0.717) is 29.3 Å². The molecule has 0 bridgehead atoms. The zero-order valence-electron chi connectivity index (χ0n) is 14.0. The first-order valence-corrected chi connectivity index (χ1v) is 7.74. The quantitative estimate of drug-likeness (QED) is 0.794. The number of rotatable bonds is 3. The molecule has 1 unspecified atom stereocenters. The van der Waals surface area contributed by atoms with Gasteiger partial charge in [0.1, 0.15) is 17.6 Å². The van der Waals surface area contributed by atoms with Crippen molar-refractivity contribution in [2.45, 2.75) is 32.2 Å². The van der Waals surface area contributed by atoms with Gasteiger partial charge in [0.15, 0.2) is 0 Å². The van der Waals surface area contributed by atoms with E-state index in [1.54, 1.807) is 34.3 Å². The van der Waals surface area contributed by atoms with E-state index < -0.39 is 11.7 Å². The molecule has 4 rings (SSSR count). The molecule has 1 aliphatic heterocycles. The zero-order valence-corrected chi connectivity index (χ0v) is 14.0. The molecule has 0 fully saturated rings. The highest BCUT2D eigenvalue weighted by Gasteiger charge is 2.39. The summed E-state index contributed by atoms with van der Waals surface area (Å²) in [6.07, 6.45) is 1.09. The van der Waals surface area contributed by atoms with Crippen molar-refractivity contribution < 1.29 is 23.7 Å². The minimum absolute atomic E-state index is 0.371. The van der Waals surface area contributed by atoms with Gasteiger partial charge in [0.25, 0.3) is 0 Å². The van der Waals surface area contributed by atoms with Crippen LogP contribution in [0, 0.1) is 0 Å². The number of fused-ring (bicyclic) bond motifs is 4. The molecule has 3 aromatic rings. The molecule has 0 spiro atoms. The maximum atomic E-state index is 10.6. The number of furan rings is 1. The Labute approximate surface area is 138 Å². The second kappa shape index (κ2) is 5.09. The molecule has 6 nitrogen and oxygen atoms in total. The van der Waals surface area contributed by atoms with Crippen LogP contribution in [0.4, 0.5) is 0 Å². The van der Waals surface area contributed by atoms with Gasteiger partial charge in [0.2, 0.25) is 5.71 Å². The summed E-state index contributed by atoms with van der Waals surface area (Å²) in [7, 11) is 3.23. The maximum Gasteiger partial charge on any atom is 0.230 e. The Kier molecular flexibility index (Phi) is 3.23. The summed E-state index contributed by atoms with van der Waals surface area (Å²) in [4.78, 5) is 4.59. The molecule has 126 valence electrons. The van der Waals surface area contributed by atoms with Gasteiger partial charge < -0.3 is 23.7 Å². The first kappa shape index (κ1) is 15.2. The minimum Gasteiger partial charge on any atom is -0.496 e. The minimum atomic E-state index is -1.05. The summed E-state index contributed by atoms with van der Waals surface area (Å²) in [6, 6.07) is 3.68. The Bertz CT molecular complexity index is 938. The van der Waals surface area contributed by atoms with Crippen molar-refractivity contribution >= 4 is 22.0 Å². The van der Waals surface area contributed by atoms with Crippen LogP contribution in [0.3, 0.4) is 0 Å². The second-order valence-corrected chi connectivity index (χ2v) is 6.49.